The molecule has 1 amide bonds. The fourth-order valence-corrected chi connectivity index (χ4v) is 2.40. The Bertz CT molecular complexity index is 471. The van der Waals surface area contributed by atoms with Gasteiger partial charge in [-0.1, -0.05) is 0 Å². The number of carbonyl (C=O) groups is 1. The van der Waals surface area contributed by atoms with E-state index in [1.54, 1.807) is 19.3 Å². The molecule has 0 aromatic carbocycles. The van der Waals surface area contributed by atoms with Crippen molar-refractivity contribution in [3.8, 4) is 0 Å². The van der Waals surface area contributed by atoms with Crippen LogP contribution in [0.15, 0.2) is 21.5 Å². The molecule has 1 aromatic heterocycles. The van der Waals surface area contributed by atoms with Crippen LogP contribution in [-0.2, 0) is 11.8 Å². The van der Waals surface area contributed by atoms with E-state index in [0.29, 0.717) is 10.2 Å². The van der Waals surface area contributed by atoms with Gasteiger partial charge in [-0.05, 0) is 41.4 Å². The van der Waals surface area contributed by atoms with Gasteiger partial charge in [0.15, 0.2) is 0 Å². The average Bonchev–Trinajstić information content (AvgIpc) is 2.79. The summed E-state index contributed by atoms with van der Waals surface area (Å²) in [5.74, 6) is -0.0481. The summed E-state index contributed by atoms with van der Waals surface area (Å²) in [6, 6.07) is 1.50. The van der Waals surface area contributed by atoms with Crippen molar-refractivity contribution in [2.24, 2.45) is 7.05 Å². The molecule has 5 nitrogen and oxygen atoms in total. The highest BCUT2D eigenvalue weighted by Gasteiger charge is 2.22. The first-order chi connectivity index (χ1) is 8.08. The fourth-order valence-electron chi connectivity index (χ4n) is 1.88. The number of carbonyl (C=O) groups excluding carboxylic acids is 1. The van der Waals surface area contributed by atoms with Crippen molar-refractivity contribution < 1.29 is 4.79 Å². The van der Waals surface area contributed by atoms with E-state index in [1.165, 1.54) is 4.57 Å². The van der Waals surface area contributed by atoms with Crippen LogP contribution in [0.4, 0.5) is 5.69 Å². The monoisotopic (exact) mass is 335 g/mol. The number of hydrogen-bond donors (Lipinski definition) is 2. The van der Waals surface area contributed by atoms with Gasteiger partial charge in [0.1, 0.15) is 0 Å². The molecule has 0 saturated carbocycles. The van der Waals surface area contributed by atoms with Crippen molar-refractivity contribution in [1.82, 2.24) is 9.88 Å². The molecule has 1 unspecified atom stereocenters. The first-order valence-electron chi connectivity index (χ1n) is 5.48. The molecule has 0 radical (unpaired) electrons. The summed E-state index contributed by atoms with van der Waals surface area (Å²) in [6.45, 7) is 0.884. The minimum atomic E-state index is -0.123. The fraction of sp³-hybridized carbons (Fsp3) is 0.455. The minimum Gasteiger partial charge on any atom is -0.323 e. The van der Waals surface area contributed by atoms with Crippen LogP contribution in [0.25, 0.3) is 0 Å². The number of aromatic nitrogens is 1. The molecule has 1 saturated heterocycles. The molecule has 1 aromatic rings. The van der Waals surface area contributed by atoms with Crippen molar-refractivity contribution in [3.63, 3.8) is 0 Å². The number of anilines is 1. The Labute approximate surface area is 119 Å². The van der Waals surface area contributed by atoms with Gasteiger partial charge in [-0.3, -0.25) is 9.59 Å². The van der Waals surface area contributed by atoms with Gasteiger partial charge in [0, 0.05) is 13.2 Å². The molecule has 1 aliphatic heterocycles. The largest absolute Gasteiger partial charge is 0.323 e. The molecule has 1 atom stereocenters. The van der Waals surface area contributed by atoms with Gasteiger partial charge < -0.3 is 15.2 Å². The maximum atomic E-state index is 11.8. The molecular weight excluding hydrogens is 321 g/mol. The Hall–Kier alpha value is -0.850. The average molecular weight is 337 g/mol. The topological polar surface area (TPSA) is 63.1 Å². The molecule has 2 N–H and O–H groups in total. The second-order valence-electron chi connectivity index (χ2n) is 4.13. The zero-order valence-corrected chi connectivity index (χ0v) is 12.3. The van der Waals surface area contributed by atoms with Crippen molar-refractivity contribution in [2.75, 3.05) is 11.9 Å². The van der Waals surface area contributed by atoms with Crippen LogP contribution in [0.1, 0.15) is 12.8 Å². The van der Waals surface area contributed by atoms with Gasteiger partial charge in [-0.2, -0.15) is 0 Å². The first-order valence-corrected chi connectivity index (χ1v) is 6.27. The Morgan fingerprint density at radius 3 is 2.89 bits per heavy atom. The zero-order valence-electron chi connectivity index (χ0n) is 9.90. The Morgan fingerprint density at radius 2 is 2.33 bits per heavy atom. The van der Waals surface area contributed by atoms with Crippen LogP contribution < -0.4 is 16.2 Å². The van der Waals surface area contributed by atoms with Gasteiger partial charge >= 0.3 is 0 Å². The number of nitrogens with zero attached hydrogens (tertiary/aromatic N) is 1. The van der Waals surface area contributed by atoms with E-state index in [4.69, 9.17) is 0 Å². The summed E-state index contributed by atoms with van der Waals surface area (Å²) in [5, 5.41) is 5.93. The number of amides is 1. The third-order valence-electron chi connectivity index (χ3n) is 2.78. The molecule has 1 fully saturated rings. The second-order valence-corrected chi connectivity index (χ2v) is 4.99. The standard InChI is InChI=1S/C11H14BrN3O2.ClH/c1-15-6-7(5-8(12)11(15)17)14-10(16)9-3-2-4-13-9;/h5-6,9,13H,2-4H2,1H3,(H,14,16);1H. The molecule has 0 spiro atoms. The lowest BCUT2D eigenvalue weighted by atomic mass is 10.2. The van der Waals surface area contributed by atoms with E-state index in [9.17, 15) is 9.59 Å². The van der Waals surface area contributed by atoms with Crippen LogP contribution in [0, 0.1) is 0 Å². The molecular formula is C11H15BrClN3O2. The predicted molar refractivity (Wildman–Crippen MR) is 76.3 cm³/mol. The summed E-state index contributed by atoms with van der Waals surface area (Å²) in [6.07, 6.45) is 3.49. The molecule has 7 heteroatoms. The van der Waals surface area contributed by atoms with Gasteiger partial charge in [0.2, 0.25) is 5.91 Å². The maximum Gasteiger partial charge on any atom is 0.264 e. The van der Waals surface area contributed by atoms with Crippen LogP contribution >= 0.6 is 28.3 Å². The molecule has 2 heterocycles. The van der Waals surface area contributed by atoms with Gasteiger partial charge in [-0.15, -0.1) is 12.4 Å². The van der Waals surface area contributed by atoms with E-state index in [0.717, 1.165) is 19.4 Å². The normalized spacial score (nSPS) is 18.2. The number of pyridine rings is 1. The highest BCUT2D eigenvalue weighted by Crippen LogP contribution is 2.13. The van der Waals surface area contributed by atoms with Crippen molar-refractivity contribution in [3.05, 3.63) is 27.1 Å². The summed E-state index contributed by atoms with van der Waals surface area (Å²) < 4.78 is 1.87. The van der Waals surface area contributed by atoms with Crippen LogP contribution in [-0.4, -0.2) is 23.1 Å². The minimum absolute atomic E-state index is 0. The first kappa shape index (κ1) is 15.2. The molecule has 0 aliphatic carbocycles. The number of hydrogen-bond acceptors (Lipinski definition) is 3. The molecule has 18 heavy (non-hydrogen) atoms. The summed E-state index contributed by atoms with van der Waals surface area (Å²) in [7, 11) is 1.65. The van der Waals surface area contributed by atoms with Crippen LogP contribution in [0.5, 0.6) is 0 Å². The quantitative estimate of drug-likeness (QED) is 0.855. The van der Waals surface area contributed by atoms with E-state index < -0.39 is 0 Å². The SMILES string of the molecule is Cl.Cn1cc(NC(=O)C2CCCN2)cc(Br)c1=O. The van der Waals surface area contributed by atoms with Crippen molar-refractivity contribution in [1.29, 1.82) is 0 Å². The summed E-state index contributed by atoms with van der Waals surface area (Å²) in [5.41, 5.74) is 0.500. The van der Waals surface area contributed by atoms with E-state index in [-0.39, 0.29) is 29.9 Å². The van der Waals surface area contributed by atoms with Gasteiger partial charge in [0.05, 0.1) is 16.2 Å². The smallest absolute Gasteiger partial charge is 0.264 e. The molecule has 100 valence electrons. The molecule has 1 aliphatic rings. The summed E-state index contributed by atoms with van der Waals surface area (Å²) >= 11 is 3.17. The highest BCUT2D eigenvalue weighted by atomic mass is 79.9. The zero-order chi connectivity index (χ0) is 12.4. The predicted octanol–water partition coefficient (Wildman–Crippen LogP) is 1.26. The summed E-state index contributed by atoms with van der Waals surface area (Å²) in [4.78, 5) is 23.3. The third-order valence-corrected chi connectivity index (χ3v) is 3.35. The highest BCUT2D eigenvalue weighted by molar-refractivity contribution is 9.10. The lowest BCUT2D eigenvalue weighted by Crippen LogP contribution is -2.35. The Kier molecular flexibility index (Phi) is 5.37. The molecule has 0 bridgehead atoms. The maximum absolute atomic E-state index is 11.8. The van der Waals surface area contributed by atoms with E-state index in [2.05, 4.69) is 26.6 Å². The lowest BCUT2D eigenvalue weighted by molar-refractivity contribution is -0.117. The van der Waals surface area contributed by atoms with Crippen molar-refractivity contribution >= 4 is 39.9 Å². The van der Waals surface area contributed by atoms with Crippen LogP contribution in [0.2, 0.25) is 0 Å². The van der Waals surface area contributed by atoms with E-state index >= 15 is 0 Å². The van der Waals surface area contributed by atoms with Crippen molar-refractivity contribution in [2.45, 2.75) is 18.9 Å². The van der Waals surface area contributed by atoms with E-state index in [1.807, 2.05) is 0 Å². The molecule has 2 rings (SSSR count). The Balaban J connectivity index is 0.00000162. The second kappa shape index (κ2) is 6.36. The lowest BCUT2D eigenvalue weighted by Gasteiger charge is -2.12. The Morgan fingerprint density at radius 1 is 1.61 bits per heavy atom. The number of nitrogens with one attached hydrogen (secondary N) is 2. The number of rotatable bonds is 2. The number of aryl methyl sites for hydroxylation is 1. The van der Waals surface area contributed by atoms with Gasteiger partial charge in [-0.25, -0.2) is 0 Å². The number of halogens is 2. The van der Waals surface area contributed by atoms with Gasteiger partial charge in [0.25, 0.3) is 5.56 Å². The van der Waals surface area contributed by atoms with Crippen LogP contribution in [0.3, 0.4) is 0 Å². The third kappa shape index (κ3) is 3.34.